The fourth-order valence-corrected chi connectivity index (χ4v) is 3.00. The minimum absolute atomic E-state index is 0.0941. The normalized spacial score (nSPS) is 16.4. The predicted octanol–water partition coefficient (Wildman–Crippen LogP) is 1.19. The van der Waals surface area contributed by atoms with E-state index < -0.39 is 0 Å². The summed E-state index contributed by atoms with van der Waals surface area (Å²) in [7, 11) is 1.63. The van der Waals surface area contributed by atoms with Crippen molar-refractivity contribution in [2.75, 3.05) is 55.1 Å². The fraction of sp³-hybridized carbons (Fsp3) is 0.353. The van der Waals surface area contributed by atoms with Crippen molar-refractivity contribution in [2.24, 2.45) is 0 Å². The topological polar surface area (TPSA) is 82.6 Å². The molecule has 0 unspecified atom stereocenters. The van der Waals surface area contributed by atoms with E-state index >= 15 is 0 Å². The summed E-state index contributed by atoms with van der Waals surface area (Å²) in [4.78, 5) is 25.1. The second kappa shape index (κ2) is 6.56. The summed E-state index contributed by atoms with van der Waals surface area (Å²) < 4.78 is 5.39. The lowest BCUT2D eigenvalue weighted by Crippen LogP contribution is -2.37. The van der Waals surface area contributed by atoms with E-state index in [2.05, 4.69) is 25.4 Å². The molecular weight excluding hydrogens is 320 g/mol. The molecule has 4 rings (SSSR count). The van der Waals surface area contributed by atoms with Gasteiger partial charge in [0.1, 0.15) is 0 Å². The molecule has 0 bridgehead atoms. The lowest BCUT2D eigenvalue weighted by atomic mass is 10.2. The number of carbonyl (C=O) groups excluding carboxylic acids is 1. The highest BCUT2D eigenvalue weighted by atomic mass is 16.5. The Labute approximate surface area is 145 Å². The van der Waals surface area contributed by atoms with Gasteiger partial charge in [-0.05, 0) is 24.3 Å². The van der Waals surface area contributed by atoms with Gasteiger partial charge in [0.15, 0.2) is 5.82 Å². The first-order valence-corrected chi connectivity index (χ1v) is 8.29. The van der Waals surface area contributed by atoms with Crippen LogP contribution in [0.25, 0.3) is 0 Å². The smallest absolute Gasteiger partial charge is 0.251 e. The standard InChI is InChI=1S/C17H20N6O2/c1-18-16(24)12-2-4-13(5-3-12)23-11-20-14-10-19-17(21-15(14)23)22-6-8-25-9-7-22/h2-5,10,20H,6-9,11H2,1H3,(H,18,24). The van der Waals surface area contributed by atoms with Gasteiger partial charge in [-0.2, -0.15) is 4.98 Å². The zero-order valence-electron chi connectivity index (χ0n) is 14.0. The van der Waals surface area contributed by atoms with Crippen LogP contribution in [0.2, 0.25) is 0 Å². The van der Waals surface area contributed by atoms with E-state index in [9.17, 15) is 4.79 Å². The lowest BCUT2D eigenvalue weighted by Gasteiger charge is -2.27. The second-order valence-electron chi connectivity index (χ2n) is 5.90. The van der Waals surface area contributed by atoms with Crippen molar-refractivity contribution in [3.05, 3.63) is 36.0 Å². The van der Waals surface area contributed by atoms with E-state index in [1.165, 1.54) is 0 Å². The first kappa shape index (κ1) is 15.6. The number of morpholine rings is 1. The number of hydrogen-bond acceptors (Lipinski definition) is 7. The van der Waals surface area contributed by atoms with Gasteiger partial charge in [-0.3, -0.25) is 4.79 Å². The summed E-state index contributed by atoms with van der Waals surface area (Å²) in [6, 6.07) is 7.49. The minimum atomic E-state index is -0.0941. The lowest BCUT2D eigenvalue weighted by molar-refractivity contribution is 0.0963. The molecule has 0 radical (unpaired) electrons. The summed E-state index contributed by atoms with van der Waals surface area (Å²) in [5, 5.41) is 5.93. The zero-order valence-corrected chi connectivity index (χ0v) is 14.0. The van der Waals surface area contributed by atoms with Crippen molar-refractivity contribution in [3.63, 3.8) is 0 Å². The Balaban J connectivity index is 1.61. The summed E-state index contributed by atoms with van der Waals surface area (Å²) in [6.07, 6.45) is 1.83. The Morgan fingerprint density at radius 1 is 1.24 bits per heavy atom. The molecule has 1 aromatic heterocycles. The Hall–Kier alpha value is -2.87. The summed E-state index contributed by atoms with van der Waals surface area (Å²) in [6.45, 7) is 3.61. The molecular formula is C17H20N6O2. The molecule has 2 aliphatic rings. The van der Waals surface area contributed by atoms with Gasteiger partial charge in [-0.25, -0.2) is 4.98 Å². The van der Waals surface area contributed by atoms with Gasteiger partial charge in [-0.1, -0.05) is 0 Å². The Morgan fingerprint density at radius 2 is 2.00 bits per heavy atom. The first-order chi connectivity index (χ1) is 12.3. The highest BCUT2D eigenvalue weighted by Crippen LogP contribution is 2.35. The summed E-state index contributed by atoms with van der Waals surface area (Å²) in [5.74, 6) is 1.48. The molecule has 2 N–H and O–H groups in total. The second-order valence-corrected chi connectivity index (χ2v) is 5.90. The van der Waals surface area contributed by atoms with Crippen LogP contribution in [0, 0.1) is 0 Å². The van der Waals surface area contributed by atoms with Gasteiger partial charge in [0, 0.05) is 31.4 Å². The molecule has 1 fully saturated rings. The fourth-order valence-electron chi connectivity index (χ4n) is 3.00. The quantitative estimate of drug-likeness (QED) is 0.868. The molecule has 3 heterocycles. The van der Waals surface area contributed by atoms with Crippen molar-refractivity contribution >= 4 is 29.0 Å². The highest BCUT2D eigenvalue weighted by Gasteiger charge is 2.24. The molecule has 1 amide bonds. The van der Waals surface area contributed by atoms with Crippen LogP contribution in [-0.4, -0.2) is 55.9 Å². The highest BCUT2D eigenvalue weighted by molar-refractivity contribution is 5.94. The van der Waals surface area contributed by atoms with Crippen LogP contribution in [0.1, 0.15) is 10.4 Å². The van der Waals surface area contributed by atoms with Gasteiger partial charge >= 0.3 is 0 Å². The van der Waals surface area contributed by atoms with Crippen LogP contribution < -0.4 is 20.4 Å². The Kier molecular flexibility index (Phi) is 4.10. The van der Waals surface area contributed by atoms with Crippen molar-refractivity contribution in [1.82, 2.24) is 15.3 Å². The molecule has 0 atom stereocenters. The van der Waals surface area contributed by atoms with E-state index in [4.69, 9.17) is 9.72 Å². The number of ether oxygens (including phenoxy) is 1. The van der Waals surface area contributed by atoms with Crippen molar-refractivity contribution in [3.8, 4) is 0 Å². The molecule has 1 saturated heterocycles. The van der Waals surface area contributed by atoms with Gasteiger partial charge in [0.2, 0.25) is 5.95 Å². The first-order valence-electron chi connectivity index (χ1n) is 8.29. The molecule has 130 valence electrons. The van der Waals surface area contributed by atoms with E-state index in [0.717, 1.165) is 36.2 Å². The predicted molar refractivity (Wildman–Crippen MR) is 95.5 cm³/mol. The molecule has 0 aliphatic carbocycles. The number of amides is 1. The molecule has 25 heavy (non-hydrogen) atoms. The molecule has 0 spiro atoms. The maximum Gasteiger partial charge on any atom is 0.251 e. The van der Waals surface area contributed by atoms with Gasteiger partial charge in [0.05, 0.1) is 31.8 Å². The third-order valence-electron chi connectivity index (χ3n) is 4.40. The van der Waals surface area contributed by atoms with Crippen LogP contribution in [0.3, 0.4) is 0 Å². The average molecular weight is 340 g/mol. The van der Waals surface area contributed by atoms with E-state index in [1.807, 2.05) is 30.5 Å². The van der Waals surface area contributed by atoms with Crippen LogP contribution >= 0.6 is 0 Å². The van der Waals surface area contributed by atoms with Crippen LogP contribution in [-0.2, 0) is 4.74 Å². The monoisotopic (exact) mass is 340 g/mol. The molecule has 8 heteroatoms. The third kappa shape index (κ3) is 2.96. The number of aromatic nitrogens is 2. The maximum atomic E-state index is 11.7. The van der Waals surface area contributed by atoms with Gasteiger partial charge in [-0.15, -0.1) is 0 Å². The molecule has 2 aromatic rings. The summed E-state index contributed by atoms with van der Waals surface area (Å²) >= 11 is 0. The van der Waals surface area contributed by atoms with Crippen molar-refractivity contribution in [1.29, 1.82) is 0 Å². The van der Waals surface area contributed by atoms with E-state index in [0.29, 0.717) is 25.4 Å². The van der Waals surface area contributed by atoms with Gasteiger partial charge in [0.25, 0.3) is 5.91 Å². The van der Waals surface area contributed by atoms with E-state index in [-0.39, 0.29) is 5.91 Å². The van der Waals surface area contributed by atoms with Crippen LogP contribution in [0.5, 0.6) is 0 Å². The van der Waals surface area contributed by atoms with Crippen molar-refractivity contribution < 1.29 is 9.53 Å². The number of carbonyl (C=O) groups is 1. The third-order valence-corrected chi connectivity index (χ3v) is 4.40. The number of hydrogen-bond donors (Lipinski definition) is 2. The average Bonchev–Trinajstić information content (AvgIpc) is 3.11. The molecule has 2 aliphatic heterocycles. The zero-order chi connectivity index (χ0) is 17.2. The molecule has 0 saturated carbocycles. The number of anilines is 4. The molecule has 1 aromatic carbocycles. The van der Waals surface area contributed by atoms with E-state index in [1.54, 1.807) is 7.05 Å². The minimum Gasteiger partial charge on any atom is -0.378 e. The van der Waals surface area contributed by atoms with Crippen LogP contribution in [0.15, 0.2) is 30.5 Å². The maximum absolute atomic E-state index is 11.7. The number of nitrogens with zero attached hydrogens (tertiary/aromatic N) is 4. The Morgan fingerprint density at radius 3 is 2.72 bits per heavy atom. The van der Waals surface area contributed by atoms with Crippen LogP contribution in [0.4, 0.5) is 23.1 Å². The number of nitrogens with one attached hydrogen (secondary N) is 2. The van der Waals surface area contributed by atoms with Gasteiger partial charge < -0.3 is 25.2 Å². The summed E-state index contributed by atoms with van der Waals surface area (Å²) in [5.41, 5.74) is 2.52. The van der Waals surface area contributed by atoms with Crippen molar-refractivity contribution in [2.45, 2.75) is 0 Å². The molecule has 8 nitrogen and oxygen atoms in total. The Bertz CT molecular complexity index is 773. The number of rotatable bonds is 3. The number of fused-ring (bicyclic) bond motifs is 1. The SMILES string of the molecule is CNC(=O)c1ccc(N2CNc3cnc(N4CCOCC4)nc32)cc1. The largest absolute Gasteiger partial charge is 0.378 e. The number of benzene rings is 1.